The SMILES string of the molecule is COc1ccc(O[C@H]2OC(COCc3ccccc3)[C@@H](O)C(OCc3ccccc3)C2O)cc1. The van der Waals surface area contributed by atoms with Crippen LogP contribution in [0, 0.1) is 0 Å². The summed E-state index contributed by atoms with van der Waals surface area (Å²) in [6.07, 6.45) is -5.06. The Morgan fingerprint density at radius 2 is 1.32 bits per heavy atom. The number of aliphatic hydroxyl groups excluding tert-OH is 2. The minimum Gasteiger partial charge on any atom is -0.497 e. The molecule has 7 nitrogen and oxygen atoms in total. The molecular formula is C27H30O7. The summed E-state index contributed by atoms with van der Waals surface area (Å²) in [5, 5.41) is 21.9. The second kappa shape index (κ2) is 12.0. The average Bonchev–Trinajstić information content (AvgIpc) is 2.88. The van der Waals surface area contributed by atoms with Gasteiger partial charge < -0.3 is 33.9 Å². The van der Waals surface area contributed by atoms with Crippen LogP contribution in [0.15, 0.2) is 84.9 Å². The van der Waals surface area contributed by atoms with Crippen molar-refractivity contribution in [2.24, 2.45) is 0 Å². The second-order valence-corrected chi connectivity index (χ2v) is 8.08. The molecule has 1 aliphatic rings. The Balaban J connectivity index is 1.45. The number of hydrogen-bond donors (Lipinski definition) is 2. The summed E-state index contributed by atoms with van der Waals surface area (Å²) in [6.45, 7) is 0.707. The lowest BCUT2D eigenvalue weighted by Gasteiger charge is -2.42. The maximum Gasteiger partial charge on any atom is 0.229 e. The van der Waals surface area contributed by atoms with Crippen LogP contribution in [0.4, 0.5) is 0 Å². The van der Waals surface area contributed by atoms with E-state index in [9.17, 15) is 10.2 Å². The van der Waals surface area contributed by atoms with Crippen LogP contribution in [0.2, 0.25) is 0 Å². The Morgan fingerprint density at radius 1 is 0.735 bits per heavy atom. The van der Waals surface area contributed by atoms with E-state index in [4.69, 9.17) is 23.7 Å². The maximum atomic E-state index is 11.0. The van der Waals surface area contributed by atoms with Crippen molar-refractivity contribution in [1.82, 2.24) is 0 Å². The molecule has 3 aromatic carbocycles. The Morgan fingerprint density at radius 3 is 1.94 bits per heavy atom. The molecule has 1 fully saturated rings. The van der Waals surface area contributed by atoms with E-state index in [1.807, 2.05) is 60.7 Å². The van der Waals surface area contributed by atoms with Crippen molar-refractivity contribution in [3.05, 3.63) is 96.1 Å². The van der Waals surface area contributed by atoms with E-state index in [0.717, 1.165) is 11.1 Å². The fourth-order valence-electron chi connectivity index (χ4n) is 3.76. The summed E-state index contributed by atoms with van der Waals surface area (Å²) in [7, 11) is 1.58. The summed E-state index contributed by atoms with van der Waals surface area (Å²) < 4.78 is 28.8. The van der Waals surface area contributed by atoms with E-state index >= 15 is 0 Å². The topological polar surface area (TPSA) is 86.6 Å². The van der Waals surface area contributed by atoms with Crippen LogP contribution in [0.3, 0.4) is 0 Å². The molecule has 0 aliphatic carbocycles. The van der Waals surface area contributed by atoms with Gasteiger partial charge in [0, 0.05) is 0 Å². The first-order valence-electron chi connectivity index (χ1n) is 11.2. The van der Waals surface area contributed by atoms with Gasteiger partial charge in [-0.2, -0.15) is 0 Å². The minimum absolute atomic E-state index is 0.108. The molecule has 0 spiro atoms. The van der Waals surface area contributed by atoms with E-state index < -0.39 is 30.7 Å². The number of rotatable bonds is 10. The van der Waals surface area contributed by atoms with Gasteiger partial charge in [-0.1, -0.05) is 60.7 Å². The van der Waals surface area contributed by atoms with Gasteiger partial charge in [-0.15, -0.1) is 0 Å². The molecule has 7 heteroatoms. The lowest BCUT2D eigenvalue weighted by atomic mass is 9.98. The normalized spacial score (nSPS) is 24.5. The third kappa shape index (κ3) is 6.34. The van der Waals surface area contributed by atoms with Crippen LogP contribution in [0.1, 0.15) is 11.1 Å². The van der Waals surface area contributed by atoms with Gasteiger partial charge in [0.25, 0.3) is 0 Å². The van der Waals surface area contributed by atoms with Crippen molar-refractivity contribution in [1.29, 1.82) is 0 Å². The molecule has 3 unspecified atom stereocenters. The molecule has 180 valence electrons. The highest BCUT2D eigenvalue weighted by atomic mass is 16.7. The highest BCUT2D eigenvalue weighted by Crippen LogP contribution is 2.28. The largest absolute Gasteiger partial charge is 0.497 e. The van der Waals surface area contributed by atoms with E-state index in [0.29, 0.717) is 18.1 Å². The zero-order valence-electron chi connectivity index (χ0n) is 19.0. The molecule has 2 N–H and O–H groups in total. The summed E-state index contributed by atoms with van der Waals surface area (Å²) in [4.78, 5) is 0. The van der Waals surface area contributed by atoms with E-state index in [1.54, 1.807) is 31.4 Å². The monoisotopic (exact) mass is 466 g/mol. The zero-order chi connectivity index (χ0) is 23.8. The molecule has 3 aromatic rings. The number of benzene rings is 3. The van der Waals surface area contributed by atoms with E-state index in [2.05, 4.69) is 0 Å². The number of hydrogen-bond acceptors (Lipinski definition) is 7. The van der Waals surface area contributed by atoms with Crippen molar-refractivity contribution >= 4 is 0 Å². The zero-order valence-corrected chi connectivity index (χ0v) is 19.0. The average molecular weight is 467 g/mol. The standard InChI is InChI=1S/C27H30O7/c1-30-21-12-14-22(15-13-21)33-27-25(29)26(32-17-20-10-6-3-7-11-20)24(28)23(34-27)18-31-16-19-8-4-2-5-9-19/h2-15,23-29H,16-18H2,1H3/t23?,24-,25?,26?,27+/m1/s1. The summed E-state index contributed by atoms with van der Waals surface area (Å²) in [5.74, 6) is 1.18. The van der Waals surface area contributed by atoms with Crippen molar-refractivity contribution in [3.63, 3.8) is 0 Å². The molecule has 0 bridgehead atoms. The van der Waals surface area contributed by atoms with Crippen molar-refractivity contribution < 1.29 is 33.9 Å². The first-order valence-corrected chi connectivity index (χ1v) is 11.2. The molecular weight excluding hydrogens is 436 g/mol. The molecule has 5 atom stereocenters. The second-order valence-electron chi connectivity index (χ2n) is 8.08. The predicted octanol–water partition coefficient (Wildman–Crippen LogP) is 3.32. The smallest absolute Gasteiger partial charge is 0.229 e. The maximum absolute atomic E-state index is 11.0. The Bertz CT molecular complexity index is 981. The first-order chi connectivity index (χ1) is 16.6. The van der Waals surface area contributed by atoms with Gasteiger partial charge in [-0.05, 0) is 35.4 Å². The first kappa shape index (κ1) is 24.2. The fourth-order valence-corrected chi connectivity index (χ4v) is 3.76. The third-order valence-corrected chi connectivity index (χ3v) is 5.63. The van der Waals surface area contributed by atoms with Crippen molar-refractivity contribution in [2.75, 3.05) is 13.7 Å². The summed E-state index contributed by atoms with van der Waals surface area (Å²) >= 11 is 0. The van der Waals surface area contributed by atoms with Gasteiger partial charge >= 0.3 is 0 Å². The van der Waals surface area contributed by atoms with Gasteiger partial charge in [0.2, 0.25) is 6.29 Å². The molecule has 1 aliphatic heterocycles. The van der Waals surface area contributed by atoms with Gasteiger partial charge in [-0.25, -0.2) is 0 Å². The van der Waals surface area contributed by atoms with Gasteiger partial charge in [0.15, 0.2) is 0 Å². The molecule has 0 saturated carbocycles. The highest BCUT2D eigenvalue weighted by Gasteiger charge is 2.46. The Labute approximate surface area is 199 Å². The molecule has 0 aromatic heterocycles. The molecule has 0 radical (unpaired) electrons. The van der Waals surface area contributed by atoms with Gasteiger partial charge in [0.1, 0.15) is 35.9 Å². The molecule has 34 heavy (non-hydrogen) atoms. The summed E-state index contributed by atoms with van der Waals surface area (Å²) in [5.41, 5.74) is 1.94. The van der Waals surface area contributed by atoms with Crippen LogP contribution in [0.25, 0.3) is 0 Å². The number of ether oxygens (including phenoxy) is 5. The van der Waals surface area contributed by atoms with Crippen LogP contribution < -0.4 is 9.47 Å². The van der Waals surface area contributed by atoms with Gasteiger partial charge in [-0.3, -0.25) is 0 Å². The van der Waals surface area contributed by atoms with Crippen LogP contribution in [-0.4, -0.2) is 54.6 Å². The predicted molar refractivity (Wildman–Crippen MR) is 125 cm³/mol. The van der Waals surface area contributed by atoms with Crippen LogP contribution in [0.5, 0.6) is 11.5 Å². The molecule has 0 amide bonds. The third-order valence-electron chi connectivity index (χ3n) is 5.63. The van der Waals surface area contributed by atoms with Crippen LogP contribution >= 0.6 is 0 Å². The lowest BCUT2D eigenvalue weighted by molar-refractivity contribution is -0.290. The quantitative estimate of drug-likeness (QED) is 0.474. The molecule has 1 heterocycles. The van der Waals surface area contributed by atoms with Crippen LogP contribution in [-0.2, 0) is 27.4 Å². The lowest BCUT2D eigenvalue weighted by Crippen LogP contribution is -2.61. The van der Waals surface area contributed by atoms with E-state index in [-0.39, 0.29) is 13.2 Å². The van der Waals surface area contributed by atoms with E-state index in [1.165, 1.54) is 0 Å². The Kier molecular flexibility index (Phi) is 8.51. The minimum atomic E-state index is -1.22. The molecule has 4 rings (SSSR count). The Hall–Kier alpha value is -2.94. The number of methoxy groups -OCH3 is 1. The van der Waals surface area contributed by atoms with Crippen molar-refractivity contribution in [2.45, 2.75) is 43.9 Å². The van der Waals surface area contributed by atoms with Gasteiger partial charge in [0.05, 0.1) is 26.9 Å². The highest BCUT2D eigenvalue weighted by molar-refractivity contribution is 5.31. The number of aliphatic hydroxyl groups is 2. The molecule has 1 saturated heterocycles. The van der Waals surface area contributed by atoms with Crippen molar-refractivity contribution in [3.8, 4) is 11.5 Å². The summed E-state index contributed by atoms with van der Waals surface area (Å²) in [6, 6.07) is 26.3. The fraction of sp³-hybridized carbons (Fsp3) is 0.333.